The topological polar surface area (TPSA) is 83.0 Å². The Morgan fingerprint density at radius 2 is 2.19 bits per heavy atom. The van der Waals surface area contributed by atoms with Crippen molar-refractivity contribution in [2.75, 3.05) is 6.61 Å². The van der Waals surface area contributed by atoms with Gasteiger partial charge in [0.1, 0.15) is 5.82 Å². The predicted octanol–water partition coefficient (Wildman–Crippen LogP) is 3.59. The summed E-state index contributed by atoms with van der Waals surface area (Å²) in [6.45, 7) is 1.95. The largest absolute Gasteiger partial charge is 0.462 e. The Hall–Kier alpha value is -2.88. The summed E-state index contributed by atoms with van der Waals surface area (Å²) < 4.78 is 50.8. The fraction of sp³-hybridized carbons (Fsp3) is 0.250. The number of rotatable bonds is 6. The van der Waals surface area contributed by atoms with E-state index >= 15 is 0 Å². The first kappa shape index (κ1) is 18.9. The second kappa shape index (κ2) is 7.39. The van der Waals surface area contributed by atoms with Crippen molar-refractivity contribution in [1.82, 2.24) is 19.9 Å². The Kier molecular flexibility index (Phi) is 5.17. The van der Waals surface area contributed by atoms with Gasteiger partial charge in [-0.05, 0) is 24.6 Å². The maximum absolute atomic E-state index is 14.4. The molecule has 0 atom stereocenters. The van der Waals surface area contributed by atoms with E-state index in [4.69, 9.17) is 16.3 Å². The van der Waals surface area contributed by atoms with Gasteiger partial charge in [-0.2, -0.15) is 18.9 Å². The summed E-state index contributed by atoms with van der Waals surface area (Å²) in [6.07, 6.45) is 2.75. The molecule has 11 heteroatoms. The van der Waals surface area contributed by atoms with Crippen LogP contribution in [-0.4, -0.2) is 32.5 Å². The van der Waals surface area contributed by atoms with E-state index in [1.165, 1.54) is 29.2 Å². The highest BCUT2D eigenvalue weighted by molar-refractivity contribution is 6.21. The Morgan fingerprint density at radius 3 is 2.81 bits per heavy atom. The summed E-state index contributed by atoms with van der Waals surface area (Å²) >= 11 is 4.80. The lowest BCUT2D eigenvalue weighted by Gasteiger charge is -2.05. The van der Waals surface area contributed by atoms with E-state index in [1.807, 2.05) is 0 Å². The lowest BCUT2D eigenvalue weighted by molar-refractivity contribution is 0.0525. The van der Waals surface area contributed by atoms with Crippen molar-refractivity contribution < 1.29 is 27.2 Å². The van der Waals surface area contributed by atoms with Crippen LogP contribution in [0.15, 0.2) is 35.1 Å². The van der Waals surface area contributed by atoms with Gasteiger partial charge < -0.3 is 9.26 Å². The molecule has 0 bridgehead atoms. The van der Waals surface area contributed by atoms with Gasteiger partial charge in [0.05, 0.1) is 24.9 Å². The Balaban J connectivity index is 1.77. The zero-order valence-corrected chi connectivity index (χ0v) is 14.6. The van der Waals surface area contributed by atoms with Crippen LogP contribution in [0.25, 0.3) is 11.4 Å². The van der Waals surface area contributed by atoms with Gasteiger partial charge in [-0.25, -0.2) is 9.18 Å². The van der Waals surface area contributed by atoms with Crippen molar-refractivity contribution in [3.63, 3.8) is 0 Å². The van der Waals surface area contributed by atoms with E-state index < -0.39 is 23.1 Å². The molecule has 0 N–H and O–H groups in total. The third-order valence-corrected chi connectivity index (χ3v) is 3.62. The number of esters is 1. The number of benzene rings is 1. The zero-order chi connectivity index (χ0) is 19.6. The van der Waals surface area contributed by atoms with Crippen molar-refractivity contribution in [2.24, 2.45) is 0 Å². The Morgan fingerprint density at radius 1 is 1.41 bits per heavy atom. The van der Waals surface area contributed by atoms with Crippen LogP contribution in [0.5, 0.6) is 0 Å². The van der Waals surface area contributed by atoms with Gasteiger partial charge in [-0.1, -0.05) is 17.3 Å². The van der Waals surface area contributed by atoms with Crippen LogP contribution in [0, 0.1) is 5.82 Å². The molecule has 2 aromatic heterocycles. The van der Waals surface area contributed by atoms with Crippen molar-refractivity contribution >= 4 is 17.6 Å². The first-order valence-electron chi connectivity index (χ1n) is 7.67. The van der Waals surface area contributed by atoms with Gasteiger partial charge in [0.2, 0.25) is 5.82 Å². The minimum atomic E-state index is -3.81. The van der Waals surface area contributed by atoms with Crippen LogP contribution >= 0.6 is 11.6 Å². The molecule has 0 amide bonds. The first-order valence-corrected chi connectivity index (χ1v) is 8.05. The summed E-state index contributed by atoms with van der Waals surface area (Å²) in [5.41, 5.74) is 0.638. The highest BCUT2D eigenvalue weighted by Gasteiger charge is 2.35. The quantitative estimate of drug-likeness (QED) is 0.464. The highest BCUT2D eigenvalue weighted by atomic mass is 35.5. The van der Waals surface area contributed by atoms with Gasteiger partial charge >= 0.3 is 17.2 Å². The second-order valence-electron chi connectivity index (χ2n) is 5.37. The second-order valence-corrected chi connectivity index (χ2v) is 5.85. The smallest absolute Gasteiger partial charge is 0.400 e. The third kappa shape index (κ3) is 4.27. The Labute approximate surface area is 155 Å². The van der Waals surface area contributed by atoms with Crippen LogP contribution in [-0.2, 0) is 16.7 Å². The average molecular weight is 401 g/mol. The zero-order valence-electron chi connectivity index (χ0n) is 13.8. The van der Waals surface area contributed by atoms with E-state index in [9.17, 15) is 18.0 Å². The molecule has 0 saturated carbocycles. The lowest BCUT2D eigenvalue weighted by Crippen LogP contribution is -2.05. The van der Waals surface area contributed by atoms with Gasteiger partial charge in [0.25, 0.3) is 0 Å². The van der Waals surface area contributed by atoms with E-state index in [2.05, 4.69) is 19.8 Å². The highest BCUT2D eigenvalue weighted by Crippen LogP contribution is 2.32. The number of nitrogens with zero attached hydrogens (tertiary/aromatic N) is 4. The van der Waals surface area contributed by atoms with Crippen LogP contribution < -0.4 is 0 Å². The standard InChI is InChI=1S/C16H12ClF3N4O3/c1-2-26-14(25)11-6-21-24(8-11)7-10-4-3-9(5-12(10)18)13-22-15(27-23-13)16(17,19)20/h3-6,8H,2,7H2,1H3. The molecule has 0 unspecified atom stereocenters. The molecule has 142 valence electrons. The summed E-state index contributed by atoms with van der Waals surface area (Å²) in [7, 11) is 0. The normalized spacial score (nSPS) is 11.6. The summed E-state index contributed by atoms with van der Waals surface area (Å²) in [5.74, 6) is -2.46. The van der Waals surface area contributed by atoms with Crippen LogP contribution in [0.3, 0.4) is 0 Å². The average Bonchev–Trinajstić information content (AvgIpc) is 3.26. The molecule has 0 aliphatic rings. The molecule has 3 rings (SSSR count). The minimum Gasteiger partial charge on any atom is -0.462 e. The number of aromatic nitrogens is 4. The molecule has 7 nitrogen and oxygen atoms in total. The molecule has 27 heavy (non-hydrogen) atoms. The molecule has 0 saturated heterocycles. The molecule has 0 radical (unpaired) electrons. The van der Waals surface area contributed by atoms with E-state index in [1.54, 1.807) is 6.92 Å². The number of hydrogen-bond acceptors (Lipinski definition) is 6. The van der Waals surface area contributed by atoms with Crippen molar-refractivity contribution in [2.45, 2.75) is 18.9 Å². The third-order valence-electron chi connectivity index (χ3n) is 3.46. The maximum Gasteiger partial charge on any atom is 0.400 e. The molecule has 0 fully saturated rings. The van der Waals surface area contributed by atoms with Crippen molar-refractivity contribution in [3.8, 4) is 11.4 Å². The SMILES string of the molecule is CCOC(=O)c1cnn(Cc2ccc(-c3noc(C(F)(F)Cl)n3)cc2F)c1. The molecule has 0 aliphatic heterocycles. The van der Waals surface area contributed by atoms with Gasteiger partial charge in [0, 0.05) is 17.3 Å². The van der Waals surface area contributed by atoms with E-state index in [0.717, 1.165) is 6.07 Å². The first-order chi connectivity index (χ1) is 12.8. The van der Waals surface area contributed by atoms with Gasteiger partial charge in [-0.3, -0.25) is 4.68 Å². The molecule has 0 spiro atoms. The fourth-order valence-electron chi connectivity index (χ4n) is 2.21. The van der Waals surface area contributed by atoms with Crippen LogP contribution in [0.2, 0.25) is 0 Å². The van der Waals surface area contributed by atoms with E-state index in [0.29, 0.717) is 0 Å². The molecule has 1 aromatic carbocycles. The fourth-order valence-corrected chi connectivity index (χ4v) is 2.29. The number of ether oxygens (including phenoxy) is 1. The minimum absolute atomic E-state index is 0.0444. The molecular weight excluding hydrogens is 389 g/mol. The molecule has 3 aromatic rings. The summed E-state index contributed by atoms with van der Waals surface area (Å²) in [4.78, 5) is 15.1. The number of carbonyl (C=O) groups is 1. The molecule has 0 aliphatic carbocycles. The number of carbonyl (C=O) groups excluding carboxylic acids is 1. The number of hydrogen-bond donors (Lipinski definition) is 0. The maximum atomic E-state index is 14.4. The van der Waals surface area contributed by atoms with Gasteiger partial charge in [-0.15, -0.1) is 0 Å². The Bertz CT molecular complexity index is 968. The summed E-state index contributed by atoms with van der Waals surface area (Å²) in [5, 5.41) is 3.53. The number of halogens is 4. The predicted molar refractivity (Wildman–Crippen MR) is 86.7 cm³/mol. The monoisotopic (exact) mass is 400 g/mol. The van der Waals surface area contributed by atoms with E-state index in [-0.39, 0.29) is 35.7 Å². The lowest BCUT2D eigenvalue weighted by atomic mass is 10.1. The molecule has 2 heterocycles. The van der Waals surface area contributed by atoms with Crippen LogP contribution in [0.4, 0.5) is 13.2 Å². The number of alkyl halides is 3. The van der Waals surface area contributed by atoms with Gasteiger partial charge in [0.15, 0.2) is 0 Å². The van der Waals surface area contributed by atoms with Crippen molar-refractivity contribution in [1.29, 1.82) is 0 Å². The van der Waals surface area contributed by atoms with Crippen LogP contribution in [0.1, 0.15) is 28.7 Å². The summed E-state index contributed by atoms with van der Waals surface area (Å²) in [6, 6.07) is 3.94. The molecular formula is C16H12ClF3N4O3. The van der Waals surface area contributed by atoms with Crippen molar-refractivity contribution in [3.05, 3.63) is 53.4 Å².